The van der Waals surface area contributed by atoms with Crippen LogP contribution in [0.5, 0.6) is 0 Å². The first-order valence-electron chi connectivity index (χ1n) is 5.22. The van der Waals surface area contributed by atoms with Crippen LogP contribution in [0.3, 0.4) is 0 Å². The third kappa shape index (κ3) is 3.01. The monoisotopic (exact) mass is 358 g/mol. The molecular weight excluding hydrogens is 355 g/mol. The summed E-state index contributed by atoms with van der Waals surface area (Å²) in [5, 5.41) is 0.0445. The van der Waals surface area contributed by atoms with Gasteiger partial charge in [-0.2, -0.15) is 13.2 Å². The number of halogens is 7. The summed E-state index contributed by atoms with van der Waals surface area (Å²) in [5.41, 5.74) is -0.569. The second-order valence-corrected chi connectivity index (χ2v) is 5.51. The van der Waals surface area contributed by atoms with E-state index in [4.69, 9.17) is 46.4 Å². The van der Waals surface area contributed by atoms with Gasteiger partial charge in [-0.15, -0.1) is 0 Å². The molecular formula is C13H5Cl4F3. The number of alkyl halides is 3. The number of rotatable bonds is 1. The van der Waals surface area contributed by atoms with E-state index < -0.39 is 16.8 Å². The average Bonchev–Trinajstić information content (AvgIpc) is 2.33. The van der Waals surface area contributed by atoms with Crippen molar-refractivity contribution >= 4 is 46.4 Å². The van der Waals surface area contributed by atoms with Gasteiger partial charge in [-0.05, 0) is 18.2 Å². The highest BCUT2D eigenvalue weighted by Crippen LogP contribution is 2.43. The van der Waals surface area contributed by atoms with E-state index >= 15 is 0 Å². The molecule has 0 heterocycles. The summed E-state index contributed by atoms with van der Waals surface area (Å²) in [4.78, 5) is 0. The third-order valence-corrected chi connectivity index (χ3v) is 4.01. The Bertz CT molecular complexity index is 665. The van der Waals surface area contributed by atoms with Crippen molar-refractivity contribution in [3.63, 3.8) is 0 Å². The lowest BCUT2D eigenvalue weighted by molar-refractivity contribution is -0.137. The molecule has 2 aromatic carbocycles. The van der Waals surface area contributed by atoms with Crippen LogP contribution in [0.2, 0.25) is 20.1 Å². The van der Waals surface area contributed by atoms with Crippen LogP contribution in [0, 0.1) is 0 Å². The van der Waals surface area contributed by atoms with Crippen LogP contribution < -0.4 is 0 Å². The van der Waals surface area contributed by atoms with Crippen molar-refractivity contribution in [3.8, 4) is 11.1 Å². The maximum absolute atomic E-state index is 12.8. The Morgan fingerprint density at radius 2 is 1.45 bits per heavy atom. The van der Waals surface area contributed by atoms with Crippen LogP contribution in [0.4, 0.5) is 13.2 Å². The summed E-state index contributed by atoms with van der Waals surface area (Å²) in [5.74, 6) is 0. The molecule has 0 atom stereocenters. The predicted molar refractivity (Wildman–Crippen MR) is 76.9 cm³/mol. The van der Waals surface area contributed by atoms with Crippen LogP contribution in [-0.4, -0.2) is 0 Å². The molecule has 106 valence electrons. The zero-order chi connectivity index (χ0) is 15.1. The molecule has 0 saturated heterocycles. The molecule has 20 heavy (non-hydrogen) atoms. The van der Waals surface area contributed by atoms with Crippen LogP contribution in [0.15, 0.2) is 30.3 Å². The van der Waals surface area contributed by atoms with Crippen LogP contribution in [-0.2, 0) is 6.18 Å². The van der Waals surface area contributed by atoms with E-state index in [0.717, 1.165) is 6.07 Å². The molecule has 0 fully saturated rings. The van der Waals surface area contributed by atoms with Crippen molar-refractivity contribution in [3.05, 3.63) is 56.0 Å². The van der Waals surface area contributed by atoms with Crippen molar-refractivity contribution in [2.75, 3.05) is 0 Å². The highest BCUT2D eigenvalue weighted by Gasteiger charge is 2.34. The van der Waals surface area contributed by atoms with Gasteiger partial charge in [0, 0.05) is 16.1 Å². The SMILES string of the molecule is FC(F)(F)c1cccc(-c2cc(Cl)cc(Cl)c2Cl)c1Cl. The second kappa shape index (κ2) is 5.64. The second-order valence-electron chi connectivity index (χ2n) is 3.91. The van der Waals surface area contributed by atoms with Gasteiger partial charge in [0.15, 0.2) is 0 Å². The van der Waals surface area contributed by atoms with Gasteiger partial charge in [0.2, 0.25) is 0 Å². The largest absolute Gasteiger partial charge is 0.417 e. The first kappa shape index (κ1) is 15.8. The summed E-state index contributed by atoms with van der Waals surface area (Å²) in [6, 6.07) is 6.38. The molecule has 0 saturated carbocycles. The Morgan fingerprint density at radius 3 is 2.05 bits per heavy atom. The van der Waals surface area contributed by atoms with E-state index in [0.29, 0.717) is 0 Å². The molecule has 0 spiro atoms. The average molecular weight is 360 g/mol. The molecule has 2 rings (SSSR count). The summed E-state index contributed by atoms with van der Waals surface area (Å²) < 4.78 is 38.5. The molecule has 0 bridgehead atoms. The number of benzene rings is 2. The first-order valence-corrected chi connectivity index (χ1v) is 6.73. The molecule has 0 aliphatic heterocycles. The lowest BCUT2D eigenvalue weighted by Crippen LogP contribution is -2.06. The maximum atomic E-state index is 12.8. The van der Waals surface area contributed by atoms with Crippen molar-refractivity contribution in [2.45, 2.75) is 6.18 Å². The van der Waals surface area contributed by atoms with E-state index in [1.807, 2.05) is 0 Å². The summed E-state index contributed by atoms with van der Waals surface area (Å²) in [6.45, 7) is 0. The highest BCUT2D eigenvalue weighted by atomic mass is 35.5. The smallest absolute Gasteiger partial charge is 0.166 e. The van der Waals surface area contributed by atoms with Crippen LogP contribution in [0.1, 0.15) is 5.56 Å². The van der Waals surface area contributed by atoms with Crippen LogP contribution in [0.25, 0.3) is 11.1 Å². The normalized spacial score (nSPS) is 11.8. The quantitative estimate of drug-likeness (QED) is 0.481. The lowest BCUT2D eigenvalue weighted by Gasteiger charge is -2.14. The Labute approximate surface area is 133 Å². The van der Waals surface area contributed by atoms with Gasteiger partial charge < -0.3 is 0 Å². The van der Waals surface area contributed by atoms with Crippen molar-refractivity contribution in [1.29, 1.82) is 0 Å². The standard InChI is InChI=1S/C13H5Cl4F3/c14-6-4-8(12(17)10(15)5-6)7-2-1-3-9(11(7)16)13(18,19)20/h1-5H. The maximum Gasteiger partial charge on any atom is 0.417 e. The van der Waals surface area contributed by atoms with Crippen LogP contribution >= 0.6 is 46.4 Å². The molecule has 2 aromatic rings. The fourth-order valence-corrected chi connectivity index (χ4v) is 2.75. The minimum absolute atomic E-state index is 0.0947. The van der Waals surface area contributed by atoms with Gasteiger partial charge >= 0.3 is 6.18 Å². The van der Waals surface area contributed by atoms with E-state index in [-0.39, 0.29) is 26.2 Å². The molecule has 0 unspecified atom stereocenters. The summed E-state index contributed by atoms with van der Waals surface area (Å²) in [6.07, 6.45) is -4.55. The van der Waals surface area contributed by atoms with Gasteiger partial charge in [-0.3, -0.25) is 0 Å². The zero-order valence-electron chi connectivity index (χ0n) is 9.53. The minimum atomic E-state index is -4.55. The van der Waals surface area contributed by atoms with Crippen molar-refractivity contribution in [1.82, 2.24) is 0 Å². The Hall–Kier alpha value is -0.610. The molecule has 0 amide bonds. The molecule has 0 aromatic heterocycles. The third-order valence-electron chi connectivity index (χ3n) is 2.59. The predicted octanol–water partition coefficient (Wildman–Crippen LogP) is 6.99. The molecule has 0 N–H and O–H groups in total. The van der Waals surface area contributed by atoms with Gasteiger partial charge in [0.1, 0.15) is 0 Å². The van der Waals surface area contributed by atoms with E-state index in [1.165, 1.54) is 24.3 Å². The minimum Gasteiger partial charge on any atom is -0.166 e. The van der Waals surface area contributed by atoms with Gasteiger partial charge in [0.05, 0.1) is 20.6 Å². The van der Waals surface area contributed by atoms with Gasteiger partial charge in [0.25, 0.3) is 0 Å². The lowest BCUT2D eigenvalue weighted by atomic mass is 10.0. The summed E-state index contributed by atoms with van der Waals surface area (Å²) in [7, 11) is 0. The van der Waals surface area contributed by atoms with Gasteiger partial charge in [-0.1, -0.05) is 58.5 Å². The van der Waals surface area contributed by atoms with Crippen molar-refractivity contribution in [2.24, 2.45) is 0 Å². The van der Waals surface area contributed by atoms with E-state index in [9.17, 15) is 13.2 Å². The molecule has 7 heteroatoms. The van der Waals surface area contributed by atoms with Gasteiger partial charge in [-0.25, -0.2) is 0 Å². The Balaban J connectivity index is 2.72. The first-order chi connectivity index (χ1) is 9.21. The fraction of sp³-hybridized carbons (Fsp3) is 0.0769. The van der Waals surface area contributed by atoms with Crippen molar-refractivity contribution < 1.29 is 13.2 Å². The summed E-state index contributed by atoms with van der Waals surface area (Å²) >= 11 is 23.6. The number of hydrogen-bond donors (Lipinski definition) is 0. The Morgan fingerprint density at radius 1 is 0.800 bits per heavy atom. The van der Waals surface area contributed by atoms with E-state index in [1.54, 1.807) is 0 Å². The Kier molecular flexibility index (Phi) is 4.45. The molecule has 0 radical (unpaired) electrons. The highest BCUT2D eigenvalue weighted by molar-refractivity contribution is 6.45. The molecule has 0 aliphatic carbocycles. The molecule has 0 aliphatic rings. The molecule has 0 nitrogen and oxygen atoms in total. The fourth-order valence-electron chi connectivity index (χ4n) is 1.71. The number of hydrogen-bond acceptors (Lipinski definition) is 0. The zero-order valence-corrected chi connectivity index (χ0v) is 12.6. The van der Waals surface area contributed by atoms with E-state index in [2.05, 4.69) is 0 Å². The topological polar surface area (TPSA) is 0 Å².